The highest BCUT2D eigenvalue weighted by Gasteiger charge is 2.24. The van der Waals surface area contributed by atoms with Crippen molar-refractivity contribution >= 4 is 28.8 Å². The van der Waals surface area contributed by atoms with Crippen LogP contribution in [-0.4, -0.2) is 25.5 Å². The van der Waals surface area contributed by atoms with Gasteiger partial charge in [0.1, 0.15) is 11.6 Å². The second-order valence-electron chi connectivity index (χ2n) is 7.00. The Morgan fingerprint density at radius 3 is 2.74 bits per heavy atom. The number of benzene rings is 1. The van der Waals surface area contributed by atoms with Gasteiger partial charge >= 0.3 is 0 Å². The minimum Gasteiger partial charge on any atom is -0.508 e. The van der Waals surface area contributed by atoms with Crippen molar-refractivity contribution in [3.05, 3.63) is 46.9 Å². The van der Waals surface area contributed by atoms with Crippen LogP contribution in [0.1, 0.15) is 40.2 Å². The second kappa shape index (κ2) is 6.12. The number of allylic oxidation sites excluding steroid dienone is 1. The minimum absolute atomic E-state index is 0.139. The molecule has 1 aromatic carbocycles. The number of carbonyl (C=O) groups excluding carboxylic acids is 1. The summed E-state index contributed by atoms with van der Waals surface area (Å²) in [7, 11) is 0. The molecule has 7 heteroatoms. The fraction of sp³-hybridized carbons (Fsp3) is 0.250. The molecule has 0 saturated heterocycles. The fourth-order valence-corrected chi connectivity index (χ4v) is 3.34. The van der Waals surface area contributed by atoms with Gasteiger partial charge in [0.2, 0.25) is 0 Å². The van der Waals surface area contributed by atoms with Crippen LogP contribution in [0.4, 0.5) is 5.82 Å². The van der Waals surface area contributed by atoms with Crippen molar-refractivity contribution in [2.75, 3.05) is 5.73 Å². The SMILES string of the molecule is Cc1ccc(O)c(C)c1-n1c(N)c(C(N)=O)c2cnc(/C=C\C3CC3)nc21. The number of nitrogens with zero attached hydrogens (tertiary/aromatic N) is 3. The number of hydrogen-bond acceptors (Lipinski definition) is 5. The van der Waals surface area contributed by atoms with Gasteiger partial charge in [0, 0.05) is 11.8 Å². The number of aromatic hydroxyl groups is 1. The number of nitrogen functional groups attached to an aromatic ring is 1. The van der Waals surface area contributed by atoms with Gasteiger partial charge in [0.05, 0.1) is 16.6 Å². The zero-order chi connectivity index (χ0) is 19.3. The average molecular weight is 363 g/mol. The summed E-state index contributed by atoms with van der Waals surface area (Å²) in [6, 6.07) is 3.42. The number of phenolic OH excluding ortho intramolecular Hbond substituents is 1. The summed E-state index contributed by atoms with van der Waals surface area (Å²) >= 11 is 0. The smallest absolute Gasteiger partial charge is 0.253 e. The molecule has 7 nitrogen and oxygen atoms in total. The zero-order valence-electron chi connectivity index (χ0n) is 15.2. The maximum absolute atomic E-state index is 12.0. The van der Waals surface area contributed by atoms with Crippen LogP contribution in [0.5, 0.6) is 5.75 Å². The Balaban J connectivity index is 2.03. The van der Waals surface area contributed by atoms with Crippen molar-refractivity contribution in [3.63, 3.8) is 0 Å². The number of fused-ring (bicyclic) bond motifs is 1. The topological polar surface area (TPSA) is 120 Å². The largest absolute Gasteiger partial charge is 0.508 e. The molecule has 1 fully saturated rings. The Morgan fingerprint density at radius 2 is 2.07 bits per heavy atom. The molecule has 3 aromatic rings. The summed E-state index contributed by atoms with van der Waals surface area (Å²) in [5, 5.41) is 10.7. The van der Waals surface area contributed by atoms with E-state index in [4.69, 9.17) is 11.5 Å². The standard InChI is InChI=1S/C20H21N5O2/c1-10-3-7-14(26)11(2)17(10)25-18(21)16(19(22)27)13-9-23-15(24-20(13)25)8-6-12-4-5-12/h3,6-9,12,26H,4-5,21H2,1-2H3,(H2,22,27)/b8-6-. The lowest BCUT2D eigenvalue weighted by Crippen LogP contribution is -2.14. The molecule has 0 unspecified atom stereocenters. The number of aromatic nitrogens is 3. The van der Waals surface area contributed by atoms with Crippen molar-refractivity contribution in [2.45, 2.75) is 26.7 Å². The fourth-order valence-electron chi connectivity index (χ4n) is 3.34. The van der Waals surface area contributed by atoms with E-state index in [2.05, 4.69) is 16.0 Å². The summed E-state index contributed by atoms with van der Waals surface area (Å²) in [6.07, 6.45) is 7.94. The molecule has 0 spiro atoms. The molecule has 0 radical (unpaired) electrons. The first-order valence-electron chi connectivity index (χ1n) is 8.83. The maximum atomic E-state index is 12.0. The number of carbonyl (C=O) groups is 1. The molecule has 2 heterocycles. The Kier molecular flexibility index (Phi) is 3.87. The molecular formula is C20H21N5O2. The van der Waals surface area contributed by atoms with Crippen LogP contribution < -0.4 is 11.5 Å². The van der Waals surface area contributed by atoms with E-state index in [0.717, 1.165) is 5.56 Å². The van der Waals surface area contributed by atoms with Crippen LogP contribution in [0.15, 0.2) is 24.4 Å². The van der Waals surface area contributed by atoms with Gasteiger partial charge < -0.3 is 16.6 Å². The third kappa shape index (κ3) is 2.81. The van der Waals surface area contributed by atoms with E-state index in [9.17, 15) is 9.90 Å². The zero-order valence-corrected chi connectivity index (χ0v) is 15.2. The van der Waals surface area contributed by atoms with Crippen LogP contribution in [0, 0.1) is 19.8 Å². The lowest BCUT2D eigenvalue weighted by atomic mass is 10.1. The first-order chi connectivity index (χ1) is 12.9. The number of amides is 1. The highest BCUT2D eigenvalue weighted by atomic mass is 16.3. The summed E-state index contributed by atoms with van der Waals surface area (Å²) in [5.41, 5.74) is 14.8. The number of anilines is 1. The Morgan fingerprint density at radius 1 is 1.33 bits per heavy atom. The quantitative estimate of drug-likeness (QED) is 0.658. The number of phenols is 1. The number of aryl methyl sites for hydroxylation is 1. The van der Waals surface area contributed by atoms with E-state index >= 15 is 0 Å². The second-order valence-corrected chi connectivity index (χ2v) is 7.00. The van der Waals surface area contributed by atoms with Gasteiger partial charge in [0.25, 0.3) is 5.91 Å². The van der Waals surface area contributed by atoms with E-state index in [0.29, 0.717) is 34.0 Å². The molecule has 1 aliphatic rings. The van der Waals surface area contributed by atoms with Crippen molar-refractivity contribution in [1.29, 1.82) is 0 Å². The van der Waals surface area contributed by atoms with E-state index in [-0.39, 0.29) is 17.1 Å². The molecule has 0 bridgehead atoms. The van der Waals surface area contributed by atoms with E-state index < -0.39 is 5.91 Å². The average Bonchev–Trinajstić information content (AvgIpc) is 3.41. The van der Waals surface area contributed by atoms with Crippen LogP contribution in [-0.2, 0) is 0 Å². The predicted molar refractivity (Wildman–Crippen MR) is 105 cm³/mol. The summed E-state index contributed by atoms with van der Waals surface area (Å²) < 4.78 is 1.68. The van der Waals surface area contributed by atoms with Crippen molar-refractivity contribution in [3.8, 4) is 11.4 Å². The first kappa shape index (κ1) is 17.1. The Labute approximate surface area is 156 Å². The van der Waals surface area contributed by atoms with Gasteiger partial charge in [-0.3, -0.25) is 9.36 Å². The molecular weight excluding hydrogens is 342 g/mol. The van der Waals surface area contributed by atoms with Crippen molar-refractivity contribution in [2.24, 2.45) is 11.7 Å². The van der Waals surface area contributed by atoms with Crippen LogP contribution >= 0.6 is 0 Å². The van der Waals surface area contributed by atoms with Gasteiger partial charge in [-0.05, 0) is 50.3 Å². The molecule has 2 aromatic heterocycles. The Hall–Kier alpha value is -3.35. The number of hydrogen-bond donors (Lipinski definition) is 3. The summed E-state index contributed by atoms with van der Waals surface area (Å²) in [5.74, 6) is 0.821. The molecule has 1 amide bonds. The van der Waals surface area contributed by atoms with Gasteiger partial charge in [-0.2, -0.15) is 0 Å². The minimum atomic E-state index is -0.642. The normalized spacial score (nSPS) is 14.3. The third-order valence-corrected chi connectivity index (χ3v) is 4.98. The van der Waals surface area contributed by atoms with Crippen molar-refractivity contribution < 1.29 is 9.90 Å². The van der Waals surface area contributed by atoms with Crippen molar-refractivity contribution in [1.82, 2.24) is 14.5 Å². The molecule has 4 rings (SSSR count). The predicted octanol–water partition coefficient (Wildman–Crippen LogP) is 2.85. The van der Waals surface area contributed by atoms with Gasteiger partial charge in [-0.15, -0.1) is 0 Å². The van der Waals surface area contributed by atoms with Gasteiger partial charge in [0.15, 0.2) is 11.5 Å². The van der Waals surface area contributed by atoms with E-state index in [1.54, 1.807) is 29.8 Å². The maximum Gasteiger partial charge on any atom is 0.253 e. The highest BCUT2D eigenvalue weighted by molar-refractivity contribution is 6.10. The van der Waals surface area contributed by atoms with E-state index in [1.165, 1.54) is 12.8 Å². The lowest BCUT2D eigenvalue weighted by Gasteiger charge is -2.15. The molecule has 1 saturated carbocycles. The molecule has 27 heavy (non-hydrogen) atoms. The number of nitrogens with two attached hydrogens (primary N) is 2. The first-order valence-corrected chi connectivity index (χ1v) is 8.83. The lowest BCUT2D eigenvalue weighted by molar-refractivity contribution is 0.100. The number of primary amides is 1. The van der Waals surface area contributed by atoms with Gasteiger partial charge in [-0.25, -0.2) is 9.97 Å². The summed E-state index contributed by atoms with van der Waals surface area (Å²) in [6.45, 7) is 3.70. The molecule has 0 atom stereocenters. The molecule has 0 aliphatic heterocycles. The Bertz CT molecular complexity index is 1110. The molecule has 5 N–H and O–H groups in total. The van der Waals surface area contributed by atoms with Crippen LogP contribution in [0.3, 0.4) is 0 Å². The van der Waals surface area contributed by atoms with Crippen LogP contribution in [0.2, 0.25) is 0 Å². The molecule has 1 aliphatic carbocycles. The summed E-state index contributed by atoms with van der Waals surface area (Å²) in [4.78, 5) is 21.0. The van der Waals surface area contributed by atoms with Gasteiger partial charge in [-0.1, -0.05) is 12.1 Å². The van der Waals surface area contributed by atoms with E-state index in [1.807, 2.05) is 13.0 Å². The highest BCUT2D eigenvalue weighted by Crippen LogP contribution is 2.35. The third-order valence-electron chi connectivity index (χ3n) is 4.98. The number of rotatable bonds is 4. The monoisotopic (exact) mass is 363 g/mol. The van der Waals surface area contributed by atoms with Crippen LogP contribution in [0.25, 0.3) is 22.8 Å². The molecule has 138 valence electrons.